The summed E-state index contributed by atoms with van der Waals surface area (Å²) in [6.07, 6.45) is 0. The predicted molar refractivity (Wildman–Crippen MR) is 96.1 cm³/mol. The molecule has 0 aliphatic carbocycles. The van der Waals surface area contributed by atoms with Crippen molar-refractivity contribution in [1.82, 2.24) is 0 Å². The number of ether oxygens (including phenoxy) is 1. The zero-order valence-electron chi connectivity index (χ0n) is 14.3. The fraction of sp³-hybridized carbons (Fsp3) is 0.250. The van der Waals surface area contributed by atoms with Crippen molar-refractivity contribution in [2.75, 3.05) is 6.61 Å². The Morgan fingerprint density at radius 2 is 1.48 bits per heavy atom. The topological polar surface area (TPSA) is 60.4 Å². The number of carbonyl (C=O) groups is 3. The molecule has 5 heteroatoms. The van der Waals surface area contributed by atoms with Crippen molar-refractivity contribution in [3.05, 3.63) is 70.2 Å². The zero-order valence-corrected chi connectivity index (χ0v) is 15.1. The highest BCUT2D eigenvalue weighted by Gasteiger charge is 2.24. The largest absolute Gasteiger partial charge is 0.454 e. The van der Waals surface area contributed by atoms with E-state index in [9.17, 15) is 14.4 Å². The molecule has 4 nitrogen and oxygen atoms in total. The van der Waals surface area contributed by atoms with Gasteiger partial charge in [0.2, 0.25) is 0 Å². The second-order valence-corrected chi connectivity index (χ2v) is 7.07. The van der Waals surface area contributed by atoms with Gasteiger partial charge in [0.25, 0.3) is 0 Å². The van der Waals surface area contributed by atoms with Crippen LogP contribution in [0.1, 0.15) is 47.1 Å². The summed E-state index contributed by atoms with van der Waals surface area (Å²) in [5.74, 6) is -1.20. The number of hydrogen-bond acceptors (Lipinski definition) is 4. The Balaban J connectivity index is 2.22. The summed E-state index contributed by atoms with van der Waals surface area (Å²) in [6, 6.07) is 12.8. The van der Waals surface area contributed by atoms with Crippen LogP contribution in [-0.2, 0) is 9.53 Å². The van der Waals surface area contributed by atoms with E-state index in [0.29, 0.717) is 10.6 Å². The number of benzene rings is 2. The molecular weight excluding hydrogens is 340 g/mol. The quantitative estimate of drug-likeness (QED) is 0.589. The molecule has 0 fully saturated rings. The Hall–Kier alpha value is -2.46. The lowest BCUT2D eigenvalue weighted by Gasteiger charge is -2.16. The van der Waals surface area contributed by atoms with E-state index >= 15 is 0 Å². The summed E-state index contributed by atoms with van der Waals surface area (Å²) >= 11 is 5.83. The van der Waals surface area contributed by atoms with E-state index in [0.717, 1.165) is 0 Å². The third-order valence-corrected chi connectivity index (χ3v) is 3.92. The number of rotatable bonds is 5. The van der Waals surface area contributed by atoms with Crippen molar-refractivity contribution in [2.45, 2.75) is 20.8 Å². The highest BCUT2D eigenvalue weighted by atomic mass is 35.5. The highest BCUT2D eigenvalue weighted by molar-refractivity contribution is 6.30. The first kappa shape index (κ1) is 18.9. The molecule has 0 saturated heterocycles. The van der Waals surface area contributed by atoms with Crippen LogP contribution < -0.4 is 0 Å². The van der Waals surface area contributed by atoms with Gasteiger partial charge in [-0.15, -0.1) is 0 Å². The Bertz CT molecular complexity index is 801. The molecule has 2 aromatic rings. The summed E-state index contributed by atoms with van der Waals surface area (Å²) in [5.41, 5.74) is 0.163. The number of ketones is 2. The van der Waals surface area contributed by atoms with Crippen LogP contribution >= 0.6 is 11.6 Å². The Morgan fingerprint density at radius 1 is 0.920 bits per heavy atom. The average molecular weight is 359 g/mol. The van der Waals surface area contributed by atoms with E-state index in [4.69, 9.17) is 16.3 Å². The molecule has 0 aliphatic heterocycles. The Kier molecular flexibility index (Phi) is 5.75. The monoisotopic (exact) mass is 358 g/mol. The molecule has 0 N–H and O–H groups in total. The maximum absolute atomic E-state index is 12.7. The first-order valence-electron chi connectivity index (χ1n) is 7.80. The molecule has 130 valence electrons. The number of Topliss-reactive ketones (excluding diaryl/α,β-unsaturated/α-hetero) is 1. The maximum Gasteiger partial charge on any atom is 0.339 e. The Labute approximate surface area is 151 Å². The van der Waals surface area contributed by atoms with E-state index in [1.165, 1.54) is 6.07 Å². The Morgan fingerprint density at radius 3 is 2.04 bits per heavy atom. The third kappa shape index (κ3) is 4.77. The number of halogens is 1. The van der Waals surface area contributed by atoms with Crippen molar-refractivity contribution in [3.63, 3.8) is 0 Å². The van der Waals surface area contributed by atoms with Crippen LogP contribution in [-0.4, -0.2) is 24.1 Å². The van der Waals surface area contributed by atoms with Gasteiger partial charge in [0.05, 0.1) is 5.56 Å². The molecule has 0 unspecified atom stereocenters. The zero-order chi connectivity index (χ0) is 18.6. The summed E-state index contributed by atoms with van der Waals surface area (Å²) in [5, 5.41) is 0.518. The van der Waals surface area contributed by atoms with Gasteiger partial charge in [0, 0.05) is 21.6 Å². The number of esters is 1. The third-order valence-electron chi connectivity index (χ3n) is 3.67. The molecule has 0 atom stereocenters. The molecule has 0 heterocycles. The van der Waals surface area contributed by atoms with Gasteiger partial charge in [-0.05, 0) is 30.3 Å². The molecule has 0 aromatic heterocycles. The van der Waals surface area contributed by atoms with Crippen molar-refractivity contribution < 1.29 is 19.1 Å². The van der Waals surface area contributed by atoms with Gasteiger partial charge in [-0.3, -0.25) is 9.59 Å². The van der Waals surface area contributed by atoms with Gasteiger partial charge < -0.3 is 4.74 Å². The molecule has 0 bridgehead atoms. The molecule has 2 rings (SSSR count). The summed E-state index contributed by atoms with van der Waals surface area (Å²) in [4.78, 5) is 36.9. The first-order chi connectivity index (χ1) is 11.7. The van der Waals surface area contributed by atoms with Gasteiger partial charge in [0.15, 0.2) is 18.2 Å². The standard InChI is InChI=1S/C20H19ClO4/c1-20(2,3)17(22)12-25-19(24)16-7-5-4-6-15(16)18(23)13-8-10-14(21)11-9-13/h4-11H,12H2,1-3H3. The van der Waals surface area contributed by atoms with Crippen LogP contribution in [0.3, 0.4) is 0 Å². The minimum absolute atomic E-state index is 0.129. The number of hydrogen-bond donors (Lipinski definition) is 0. The summed E-state index contributed by atoms with van der Waals surface area (Å²) in [7, 11) is 0. The van der Waals surface area contributed by atoms with Crippen molar-refractivity contribution in [2.24, 2.45) is 5.41 Å². The van der Waals surface area contributed by atoms with Crippen LogP contribution in [0.25, 0.3) is 0 Å². The maximum atomic E-state index is 12.7. The molecular formula is C20H19ClO4. The molecule has 25 heavy (non-hydrogen) atoms. The van der Waals surface area contributed by atoms with Gasteiger partial charge in [0.1, 0.15) is 0 Å². The molecule has 0 aliphatic rings. The molecule has 0 spiro atoms. The number of carbonyl (C=O) groups excluding carboxylic acids is 3. The smallest absolute Gasteiger partial charge is 0.339 e. The predicted octanol–water partition coefficient (Wildman–Crippen LogP) is 4.34. The van der Waals surface area contributed by atoms with Crippen molar-refractivity contribution >= 4 is 29.1 Å². The van der Waals surface area contributed by atoms with Crippen LogP contribution in [0.2, 0.25) is 5.02 Å². The lowest BCUT2D eigenvalue weighted by Crippen LogP contribution is -2.26. The molecule has 0 saturated carbocycles. The van der Waals surface area contributed by atoms with Gasteiger partial charge in [-0.1, -0.05) is 50.6 Å². The fourth-order valence-corrected chi connectivity index (χ4v) is 2.17. The SMILES string of the molecule is CC(C)(C)C(=O)COC(=O)c1ccccc1C(=O)c1ccc(Cl)cc1. The van der Waals surface area contributed by atoms with E-state index < -0.39 is 11.4 Å². The summed E-state index contributed by atoms with van der Waals surface area (Å²) < 4.78 is 5.10. The van der Waals surface area contributed by atoms with Crippen LogP contribution in [0, 0.1) is 5.41 Å². The van der Waals surface area contributed by atoms with E-state index in [1.807, 2.05) is 0 Å². The first-order valence-corrected chi connectivity index (χ1v) is 8.17. The van der Waals surface area contributed by atoms with Crippen LogP contribution in [0.5, 0.6) is 0 Å². The van der Waals surface area contributed by atoms with E-state index in [1.54, 1.807) is 63.2 Å². The molecule has 2 aromatic carbocycles. The molecule has 0 amide bonds. The average Bonchev–Trinajstić information content (AvgIpc) is 2.58. The van der Waals surface area contributed by atoms with E-state index in [-0.39, 0.29) is 29.3 Å². The highest BCUT2D eigenvalue weighted by Crippen LogP contribution is 2.19. The normalized spacial score (nSPS) is 11.0. The second kappa shape index (κ2) is 7.62. The van der Waals surface area contributed by atoms with Crippen LogP contribution in [0.15, 0.2) is 48.5 Å². The second-order valence-electron chi connectivity index (χ2n) is 6.63. The van der Waals surface area contributed by atoms with Gasteiger partial charge in [-0.25, -0.2) is 4.79 Å². The minimum Gasteiger partial charge on any atom is -0.454 e. The van der Waals surface area contributed by atoms with Gasteiger partial charge in [-0.2, -0.15) is 0 Å². The van der Waals surface area contributed by atoms with Crippen molar-refractivity contribution in [1.29, 1.82) is 0 Å². The van der Waals surface area contributed by atoms with E-state index in [2.05, 4.69) is 0 Å². The van der Waals surface area contributed by atoms with Crippen molar-refractivity contribution in [3.8, 4) is 0 Å². The lowest BCUT2D eigenvalue weighted by molar-refractivity contribution is -0.129. The summed E-state index contributed by atoms with van der Waals surface area (Å²) in [6.45, 7) is 4.93. The lowest BCUT2D eigenvalue weighted by atomic mass is 9.91. The molecule has 0 radical (unpaired) electrons. The fourth-order valence-electron chi connectivity index (χ4n) is 2.04. The van der Waals surface area contributed by atoms with Crippen LogP contribution in [0.4, 0.5) is 0 Å². The van der Waals surface area contributed by atoms with Gasteiger partial charge >= 0.3 is 5.97 Å². The minimum atomic E-state index is -0.699.